The number of fused-ring (bicyclic) bond motifs is 3. The summed E-state index contributed by atoms with van der Waals surface area (Å²) in [6.07, 6.45) is 1.86. The maximum Gasteiger partial charge on any atom is 0.171 e. The molecule has 0 aliphatic rings. The second-order valence-electron chi connectivity index (χ2n) is 9.60. The first-order valence-corrected chi connectivity index (χ1v) is 14.7. The average Bonchev–Trinajstić information content (AvgIpc) is 3.36. The molecule has 0 spiro atoms. The number of aromatic nitrogens is 2. The summed E-state index contributed by atoms with van der Waals surface area (Å²) < 4.78 is 17.2. The molecule has 0 atom stereocenters. The first kappa shape index (κ1) is 23.4. The van der Waals surface area contributed by atoms with Crippen molar-refractivity contribution in [2.75, 3.05) is 0 Å². The molecule has 0 aliphatic heterocycles. The molecule has 2 heterocycles. The third-order valence-corrected chi connectivity index (χ3v) is 10.4. The molecule has 4 heteroatoms. The van der Waals surface area contributed by atoms with Crippen LogP contribution < -0.4 is 15.9 Å². The molecule has 0 fully saturated rings. The van der Waals surface area contributed by atoms with Gasteiger partial charge in [-0.15, -0.1) is 0 Å². The van der Waals surface area contributed by atoms with E-state index in [1.165, 1.54) is 10.8 Å². The van der Waals surface area contributed by atoms with Gasteiger partial charge in [-0.2, -0.15) is 0 Å². The second-order valence-corrected chi connectivity index (χ2v) is 12.4. The molecular formula is C35H25N2OP. The molecule has 0 radical (unpaired) electrons. The van der Waals surface area contributed by atoms with Gasteiger partial charge in [0.1, 0.15) is 0 Å². The van der Waals surface area contributed by atoms with Crippen LogP contribution >= 0.6 is 7.14 Å². The molecule has 0 aliphatic carbocycles. The van der Waals surface area contributed by atoms with Crippen LogP contribution in [0.1, 0.15) is 0 Å². The Bertz CT molecular complexity index is 1900. The van der Waals surface area contributed by atoms with Gasteiger partial charge < -0.3 is 9.13 Å². The normalized spacial score (nSPS) is 11.7. The van der Waals surface area contributed by atoms with Crippen molar-refractivity contribution in [3.63, 3.8) is 0 Å². The predicted molar refractivity (Wildman–Crippen MR) is 163 cm³/mol. The van der Waals surface area contributed by atoms with Crippen molar-refractivity contribution in [3.8, 4) is 16.9 Å². The highest BCUT2D eigenvalue weighted by Gasteiger charge is 2.29. The van der Waals surface area contributed by atoms with Crippen LogP contribution in [-0.4, -0.2) is 9.55 Å². The van der Waals surface area contributed by atoms with Gasteiger partial charge in [0.15, 0.2) is 7.14 Å². The SMILES string of the molecule is O=P(c1ccccc1)(c1ccccc1)c1cccc(-c2cc(-n3c4ccccc4c4ccccc43)ccn2)c1. The van der Waals surface area contributed by atoms with Crippen LogP contribution in [0.5, 0.6) is 0 Å². The summed E-state index contributed by atoms with van der Waals surface area (Å²) in [5.74, 6) is 0. The van der Waals surface area contributed by atoms with E-state index in [0.29, 0.717) is 0 Å². The van der Waals surface area contributed by atoms with E-state index in [1.54, 1.807) is 0 Å². The Morgan fingerprint density at radius 1 is 0.513 bits per heavy atom. The predicted octanol–water partition coefficient (Wildman–Crippen LogP) is 7.49. The molecule has 7 rings (SSSR count). The van der Waals surface area contributed by atoms with Gasteiger partial charge in [-0.25, -0.2) is 0 Å². The molecule has 0 unspecified atom stereocenters. The summed E-state index contributed by atoms with van der Waals surface area (Å²) in [4.78, 5) is 4.75. The fourth-order valence-electron chi connectivity index (χ4n) is 5.50. The zero-order valence-electron chi connectivity index (χ0n) is 21.2. The monoisotopic (exact) mass is 520 g/mol. The standard InChI is InChI=1S/C35H25N2OP/c38-39(28-13-3-1-4-14-28,29-15-5-2-6-16-29)30-17-11-12-26(24-30)33-25-27(22-23-36-33)37-34-20-9-7-18-31(34)32-19-8-10-21-35(32)37/h1-25H. The van der Waals surface area contributed by atoms with Crippen molar-refractivity contribution >= 4 is 44.9 Å². The first-order chi connectivity index (χ1) is 19.2. The molecule has 7 aromatic rings. The van der Waals surface area contributed by atoms with Gasteiger partial charge in [-0.3, -0.25) is 4.98 Å². The number of rotatable bonds is 5. The highest BCUT2D eigenvalue weighted by molar-refractivity contribution is 7.85. The van der Waals surface area contributed by atoms with Gasteiger partial charge in [0.25, 0.3) is 0 Å². The zero-order chi connectivity index (χ0) is 26.2. The minimum Gasteiger partial charge on any atom is -0.309 e. The minimum absolute atomic E-state index is 0.793. The number of nitrogens with zero attached hydrogens (tertiary/aromatic N) is 2. The van der Waals surface area contributed by atoms with Gasteiger partial charge in [0, 0.05) is 44.1 Å². The average molecular weight is 521 g/mol. The summed E-state index contributed by atoms with van der Waals surface area (Å²) >= 11 is 0. The lowest BCUT2D eigenvalue weighted by molar-refractivity contribution is 0.592. The van der Waals surface area contributed by atoms with E-state index in [0.717, 1.165) is 43.9 Å². The van der Waals surface area contributed by atoms with Crippen LogP contribution in [0, 0.1) is 0 Å². The van der Waals surface area contributed by atoms with Crippen molar-refractivity contribution in [3.05, 3.63) is 152 Å². The Kier molecular flexibility index (Phi) is 5.73. The summed E-state index contributed by atoms with van der Waals surface area (Å²) in [7, 11) is -3.08. The van der Waals surface area contributed by atoms with Gasteiger partial charge >= 0.3 is 0 Å². The number of pyridine rings is 1. The van der Waals surface area contributed by atoms with E-state index < -0.39 is 7.14 Å². The number of benzene rings is 5. The maximum absolute atomic E-state index is 14.9. The Labute approximate surface area is 227 Å². The van der Waals surface area contributed by atoms with E-state index in [2.05, 4.69) is 59.2 Å². The second kappa shape index (κ2) is 9.54. The van der Waals surface area contributed by atoms with Crippen LogP contribution in [0.25, 0.3) is 38.8 Å². The summed E-state index contributed by atoms with van der Waals surface area (Å²) in [6, 6.07) is 48.7. The Morgan fingerprint density at radius 3 is 1.67 bits per heavy atom. The third kappa shape index (κ3) is 3.91. The highest BCUT2D eigenvalue weighted by atomic mass is 31.2. The lowest BCUT2D eigenvalue weighted by atomic mass is 10.1. The summed E-state index contributed by atoms with van der Waals surface area (Å²) in [6.45, 7) is 0. The molecular weight excluding hydrogens is 495 g/mol. The van der Waals surface area contributed by atoms with E-state index in [4.69, 9.17) is 4.98 Å². The van der Waals surface area contributed by atoms with Crippen LogP contribution in [-0.2, 0) is 4.57 Å². The highest BCUT2D eigenvalue weighted by Crippen LogP contribution is 2.43. The Hall–Kier alpha value is -4.72. The molecule has 0 saturated heterocycles. The Morgan fingerprint density at radius 2 is 1.05 bits per heavy atom. The number of hydrogen-bond acceptors (Lipinski definition) is 2. The van der Waals surface area contributed by atoms with E-state index in [-0.39, 0.29) is 0 Å². The van der Waals surface area contributed by atoms with Crippen LogP contribution in [0.2, 0.25) is 0 Å². The molecule has 0 N–H and O–H groups in total. The van der Waals surface area contributed by atoms with Crippen molar-refractivity contribution in [1.82, 2.24) is 9.55 Å². The first-order valence-electron chi connectivity index (χ1n) is 13.0. The third-order valence-electron chi connectivity index (χ3n) is 7.33. The molecule has 39 heavy (non-hydrogen) atoms. The molecule has 2 aromatic heterocycles. The van der Waals surface area contributed by atoms with Crippen molar-refractivity contribution in [2.45, 2.75) is 0 Å². The van der Waals surface area contributed by atoms with Crippen LogP contribution in [0.15, 0.2) is 152 Å². The molecule has 0 amide bonds. The van der Waals surface area contributed by atoms with Gasteiger partial charge in [-0.05, 0) is 30.3 Å². The summed E-state index contributed by atoms with van der Waals surface area (Å²) in [5.41, 5.74) is 5.12. The van der Waals surface area contributed by atoms with E-state index in [9.17, 15) is 4.57 Å². The van der Waals surface area contributed by atoms with Crippen LogP contribution in [0.4, 0.5) is 0 Å². The smallest absolute Gasteiger partial charge is 0.171 e. The van der Waals surface area contributed by atoms with Gasteiger partial charge in [-0.1, -0.05) is 115 Å². The molecule has 3 nitrogen and oxygen atoms in total. The largest absolute Gasteiger partial charge is 0.309 e. The van der Waals surface area contributed by atoms with Crippen molar-refractivity contribution in [2.24, 2.45) is 0 Å². The number of hydrogen-bond donors (Lipinski definition) is 0. The summed E-state index contributed by atoms with van der Waals surface area (Å²) in [5, 5.41) is 4.88. The van der Waals surface area contributed by atoms with Crippen LogP contribution in [0.3, 0.4) is 0 Å². The quantitative estimate of drug-likeness (QED) is 0.221. The van der Waals surface area contributed by atoms with Gasteiger partial charge in [0.05, 0.1) is 16.7 Å². The zero-order valence-corrected chi connectivity index (χ0v) is 22.1. The van der Waals surface area contributed by atoms with Crippen molar-refractivity contribution in [1.29, 1.82) is 0 Å². The van der Waals surface area contributed by atoms with E-state index >= 15 is 0 Å². The fourth-order valence-corrected chi connectivity index (χ4v) is 8.20. The molecule has 186 valence electrons. The topological polar surface area (TPSA) is 34.9 Å². The lowest BCUT2D eigenvalue weighted by Gasteiger charge is -2.20. The molecule has 5 aromatic carbocycles. The Balaban J connectivity index is 1.39. The number of para-hydroxylation sites is 2. The van der Waals surface area contributed by atoms with E-state index in [1.807, 2.05) is 97.2 Å². The minimum atomic E-state index is -3.08. The fraction of sp³-hybridized carbons (Fsp3) is 0. The molecule has 0 saturated carbocycles. The van der Waals surface area contributed by atoms with Gasteiger partial charge in [0.2, 0.25) is 0 Å². The van der Waals surface area contributed by atoms with Crippen molar-refractivity contribution < 1.29 is 4.57 Å². The lowest BCUT2D eigenvalue weighted by Crippen LogP contribution is -2.25. The maximum atomic E-state index is 14.9. The molecule has 0 bridgehead atoms.